The average molecular weight is 182 g/mol. The molecular formula is C10H18N2O. The van der Waals surface area contributed by atoms with E-state index >= 15 is 0 Å². The van der Waals surface area contributed by atoms with Crippen LogP contribution < -0.4 is 5.32 Å². The number of nitrogens with one attached hydrogen (secondary N) is 1. The van der Waals surface area contributed by atoms with Crippen LogP contribution in [0.1, 0.15) is 26.7 Å². The summed E-state index contributed by atoms with van der Waals surface area (Å²) in [6.07, 6.45) is 2.85. The zero-order chi connectivity index (χ0) is 9.42. The number of hydrogen-bond donors (Lipinski definition) is 1. The lowest BCUT2D eigenvalue weighted by atomic mass is 10.2. The molecule has 1 N–H and O–H groups in total. The van der Waals surface area contributed by atoms with Crippen molar-refractivity contribution in [3.63, 3.8) is 0 Å². The molecule has 74 valence electrons. The monoisotopic (exact) mass is 182 g/mol. The van der Waals surface area contributed by atoms with Crippen molar-refractivity contribution in [3.05, 3.63) is 0 Å². The largest absolute Gasteiger partial charge is 0.326 e. The van der Waals surface area contributed by atoms with Gasteiger partial charge in [0, 0.05) is 6.54 Å². The molecule has 0 radical (unpaired) electrons. The Morgan fingerprint density at radius 1 is 1.54 bits per heavy atom. The Bertz CT molecular complexity index is 217. The van der Waals surface area contributed by atoms with Crippen molar-refractivity contribution >= 4 is 5.91 Å². The van der Waals surface area contributed by atoms with Crippen LogP contribution in [-0.2, 0) is 4.79 Å². The van der Waals surface area contributed by atoms with E-state index in [4.69, 9.17) is 0 Å². The average Bonchev–Trinajstić information content (AvgIpc) is 2.81. The summed E-state index contributed by atoms with van der Waals surface area (Å²) >= 11 is 0. The number of nitrogens with zero attached hydrogens (tertiary/aromatic N) is 1. The summed E-state index contributed by atoms with van der Waals surface area (Å²) < 4.78 is 0. The van der Waals surface area contributed by atoms with Crippen LogP contribution in [0.5, 0.6) is 0 Å². The third kappa shape index (κ3) is 1.70. The highest BCUT2D eigenvalue weighted by Gasteiger charge is 2.39. The molecule has 2 rings (SSSR count). The first-order valence-corrected chi connectivity index (χ1v) is 5.25. The highest BCUT2D eigenvalue weighted by molar-refractivity contribution is 5.80. The molecule has 1 aliphatic heterocycles. The van der Waals surface area contributed by atoms with Crippen LogP contribution in [0, 0.1) is 11.8 Å². The summed E-state index contributed by atoms with van der Waals surface area (Å²) in [6.45, 7) is 5.81. The molecule has 2 fully saturated rings. The molecule has 2 aliphatic rings. The summed E-state index contributed by atoms with van der Waals surface area (Å²) in [4.78, 5) is 13.4. The third-order valence-corrected chi connectivity index (χ3v) is 3.36. The van der Waals surface area contributed by atoms with Gasteiger partial charge < -0.3 is 4.90 Å². The van der Waals surface area contributed by atoms with E-state index in [9.17, 15) is 4.79 Å². The lowest BCUT2D eigenvalue weighted by Gasteiger charge is -2.20. The molecule has 3 nitrogen and oxygen atoms in total. The van der Waals surface area contributed by atoms with Crippen LogP contribution in [0.15, 0.2) is 0 Å². The summed E-state index contributed by atoms with van der Waals surface area (Å²) in [5, 5.41) is 3.16. The predicted molar refractivity (Wildman–Crippen MR) is 51.1 cm³/mol. The molecule has 1 aliphatic carbocycles. The number of rotatable bonds is 3. The Labute approximate surface area is 79.5 Å². The van der Waals surface area contributed by atoms with E-state index in [1.54, 1.807) is 0 Å². The van der Waals surface area contributed by atoms with Gasteiger partial charge in [0.15, 0.2) is 0 Å². The van der Waals surface area contributed by atoms with Gasteiger partial charge in [0.2, 0.25) is 5.91 Å². The predicted octanol–water partition coefficient (Wildman–Crippen LogP) is 0.810. The van der Waals surface area contributed by atoms with Crippen LogP contribution in [0.4, 0.5) is 0 Å². The number of hydrogen-bond acceptors (Lipinski definition) is 2. The van der Waals surface area contributed by atoms with Crippen LogP contribution >= 0.6 is 0 Å². The van der Waals surface area contributed by atoms with Crippen LogP contribution in [0.3, 0.4) is 0 Å². The molecule has 0 aromatic heterocycles. The normalized spacial score (nSPS) is 38.5. The third-order valence-electron chi connectivity index (χ3n) is 3.36. The highest BCUT2D eigenvalue weighted by Crippen LogP contribution is 2.41. The fourth-order valence-corrected chi connectivity index (χ4v) is 2.21. The minimum Gasteiger partial charge on any atom is -0.326 e. The van der Waals surface area contributed by atoms with Gasteiger partial charge in [0.25, 0.3) is 0 Å². The molecule has 0 bridgehead atoms. The van der Waals surface area contributed by atoms with Gasteiger partial charge in [0.1, 0.15) is 0 Å². The molecular weight excluding hydrogens is 164 g/mol. The fourth-order valence-electron chi connectivity index (χ4n) is 2.21. The minimum atomic E-state index is 0.255. The van der Waals surface area contributed by atoms with Gasteiger partial charge >= 0.3 is 0 Å². The molecule has 0 aromatic rings. The second-order valence-electron chi connectivity index (χ2n) is 4.27. The maximum absolute atomic E-state index is 11.4. The first-order chi connectivity index (χ1) is 6.22. The molecule has 1 saturated heterocycles. The van der Waals surface area contributed by atoms with Crippen molar-refractivity contribution in [2.75, 3.05) is 13.1 Å². The van der Waals surface area contributed by atoms with Gasteiger partial charge in [-0.15, -0.1) is 0 Å². The van der Waals surface area contributed by atoms with Gasteiger partial charge in [-0.25, -0.2) is 0 Å². The maximum Gasteiger partial charge on any atom is 0.237 e. The van der Waals surface area contributed by atoms with E-state index in [0.717, 1.165) is 18.4 Å². The van der Waals surface area contributed by atoms with Crippen molar-refractivity contribution < 1.29 is 4.79 Å². The molecule has 1 amide bonds. The molecule has 0 aromatic carbocycles. The smallest absolute Gasteiger partial charge is 0.237 e. The van der Waals surface area contributed by atoms with E-state index < -0.39 is 0 Å². The summed E-state index contributed by atoms with van der Waals surface area (Å²) in [6, 6.07) is 0. The quantitative estimate of drug-likeness (QED) is 0.700. The van der Waals surface area contributed by atoms with E-state index in [1.165, 1.54) is 12.8 Å². The van der Waals surface area contributed by atoms with E-state index in [2.05, 4.69) is 19.2 Å². The molecule has 1 saturated carbocycles. The molecule has 13 heavy (non-hydrogen) atoms. The van der Waals surface area contributed by atoms with Crippen molar-refractivity contribution in [1.82, 2.24) is 10.2 Å². The lowest BCUT2D eigenvalue weighted by molar-refractivity contribution is -0.128. The second-order valence-corrected chi connectivity index (χ2v) is 4.27. The molecule has 1 heterocycles. The summed E-state index contributed by atoms with van der Waals surface area (Å²) in [5.74, 6) is 1.95. The van der Waals surface area contributed by atoms with E-state index in [1.807, 2.05) is 4.90 Å². The Hall–Kier alpha value is -0.570. The topological polar surface area (TPSA) is 32.3 Å². The molecule has 3 atom stereocenters. The number of carbonyl (C=O) groups excluding carboxylic acids is 1. The molecule has 3 unspecified atom stereocenters. The van der Waals surface area contributed by atoms with Crippen LogP contribution in [0.2, 0.25) is 0 Å². The van der Waals surface area contributed by atoms with Gasteiger partial charge in [-0.3, -0.25) is 10.1 Å². The Kier molecular flexibility index (Phi) is 2.28. The Balaban J connectivity index is 1.84. The fraction of sp³-hybridized carbons (Fsp3) is 0.900. The van der Waals surface area contributed by atoms with Gasteiger partial charge in [-0.1, -0.05) is 13.3 Å². The number of amides is 1. The van der Waals surface area contributed by atoms with Gasteiger partial charge in [0.05, 0.1) is 12.7 Å². The first kappa shape index (κ1) is 9.00. The van der Waals surface area contributed by atoms with Crippen molar-refractivity contribution in [2.24, 2.45) is 11.8 Å². The molecule has 0 spiro atoms. The lowest BCUT2D eigenvalue weighted by Crippen LogP contribution is -2.36. The van der Waals surface area contributed by atoms with Gasteiger partial charge in [-0.05, 0) is 25.2 Å². The van der Waals surface area contributed by atoms with Crippen molar-refractivity contribution in [1.29, 1.82) is 0 Å². The van der Waals surface area contributed by atoms with Crippen molar-refractivity contribution in [2.45, 2.75) is 32.9 Å². The first-order valence-electron chi connectivity index (χ1n) is 5.25. The van der Waals surface area contributed by atoms with Crippen molar-refractivity contribution in [3.8, 4) is 0 Å². The van der Waals surface area contributed by atoms with Gasteiger partial charge in [-0.2, -0.15) is 0 Å². The highest BCUT2D eigenvalue weighted by atomic mass is 16.2. The zero-order valence-electron chi connectivity index (χ0n) is 8.42. The SMILES string of the molecule is CCC1CC1CN1C(=O)CNC1C. The Morgan fingerprint density at radius 3 is 2.77 bits per heavy atom. The van der Waals surface area contributed by atoms with Crippen LogP contribution in [0.25, 0.3) is 0 Å². The molecule has 3 heteroatoms. The maximum atomic E-state index is 11.4. The standard InChI is InChI=1S/C10H18N2O/c1-3-8-4-9(8)6-12-7(2)11-5-10(12)13/h7-9,11H,3-6H2,1-2H3. The number of carbonyl (C=O) groups is 1. The minimum absolute atomic E-state index is 0.255. The summed E-state index contributed by atoms with van der Waals surface area (Å²) in [7, 11) is 0. The summed E-state index contributed by atoms with van der Waals surface area (Å²) in [5.41, 5.74) is 0. The second kappa shape index (κ2) is 3.29. The van der Waals surface area contributed by atoms with E-state index in [0.29, 0.717) is 6.54 Å². The Morgan fingerprint density at radius 2 is 2.31 bits per heavy atom. The zero-order valence-corrected chi connectivity index (χ0v) is 8.42. The van der Waals surface area contributed by atoms with E-state index in [-0.39, 0.29) is 12.1 Å². The van der Waals surface area contributed by atoms with Crippen LogP contribution in [-0.4, -0.2) is 30.1 Å².